The Balaban J connectivity index is 1.42. The van der Waals surface area contributed by atoms with E-state index in [9.17, 15) is 23.1 Å². The van der Waals surface area contributed by atoms with E-state index in [4.69, 9.17) is 4.74 Å². The Morgan fingerprint density at radius 2 is 1.94 bits per heavy atom. The number of halogens is 1. The number of nitrogens with zero attached hydrogens (tertiary/aromatic N) is 2. The van der Waals surface area contributed by atoms with Crippen molar-refractivity contribution < 1.29 is 32.3 Å². The second-order valence-electron chi connectivity index (χ2n) is 9.45. The fraction of sp³-hybridized carbons (Fsp3) is 0.440. The van der Waals surface area contributed by atoms with E-state index in [0.717, 1.165) is 19.3 Å². The molecule has 9 nitrogen and oxygen atoms in total. The molecule has 36 heavy (non-hydrogen) atoms. The molecule has 2 heterocycles. The van der Waals surface area contributed by atoms with E-state index in [-0.39, 0.29) is 35.7 Å². The van der Waals surface area contributed by atoms with Gasteiger partial charge in [-0.25, -0.2) is 13.2 Å². The second kappa shape index (κ2) is 9.04. The van der Waals surface area contributed by atoms with Gasteiger partial charge in [0.05, 0.1) is 11.5 Å². The predicted molar refractivity (Wildman–Crippen MR) is 127 cm³/mol. The van der Waals surface area contributed by atoms with Crippen LogP contribution in [0.15, 0.2) is 53.4 Å². The number of nitrogens with one attached hydrogen (secondary N) is 1. The minimum absolute atomic E-state index is 0.115. The molecule has 1 saturated carbocycles. The zero-order valence-electron chi connectivity index (χ0n) is 19.8. The summed E-state index contributed by atoms with van der Waals surface area (Å²) in [5.41, 5.74) is -1.68. The van der Waals surface area contributed by atoms with Gasteiger partial charge in [0.1, 0.15) is 5.75 Å². The summed E-state index contributed by atoms with van der Waals surface area (Å²) in [7, 11) is -4.89. The number of carboxylic acids is 1. The molecule has 192 valence electrons. The Labute approximate surface area is 208 Å². The van der Waals surface area contributed by atoms with Crippen LogP contribution in [0.2, 0.25) is 0 Å². The Morgan fingerprint density at radius 1 is 1.22 bits per heavy atom. The summed E-state index contributed by atoms with van der Waals surface area (Å²) in [5, 5.41) is 12.8. The average molecular weight is 518 g/mol. The van der Waals surface area contributed by atoms with Crippen LogP contribution >= 0.6 is 0 Å². The molecule has 1 aliphatic carbocycles. The summed E-state index contributed by atoms with van der Waals surface area (Å²) in [5.74, 6) is -2.91. The Kier molecular flexibility index (Phi) is 6.16. The lowest BCUT2D eigenvalue weighted by atomic mass is 10.0. The maximum atomic E-state index is 16.0. The number of rotatable bonds is 7. The maximum absolute atomic E-state index is 16.0. The van der Waals surface area contributed by atoms with E-state index < -0.39 is 37.9 Å². The minimum atomic E-state index is -4.89. The average Bonchev–Trinajstić information content (AvgIpc) is 3.35. The number of carbonyl (C=O) groups excluding carboxylic acids is 1. The first-order chi connectivity index (χ1) is 17.2. The second-order valence-corrected chi connectivity index (χ2v) is 11.2. The number of hydrogen-bond donors (Lipinski definition) is 2. The van der Waals surface area contributed by atoms with E-state index in [0.29, 0.717) is 17.9 Å². The van der Waals surface area contributed by atoms with Gasteiger partial charge in [0.2, 0.25) is 0 Å². The summed E-state index contributed by atoms with van der Waals surface area (Å²) in [6.07, 6.45) is 2.64. The zero-order valence-corrected chi connectivity index (χ0v) is 20.6. The molecular weight excluding hydrogens is 489 g/mol. The van der Waals surface area contributed by atoms with Crippen molar-refractivity contribution in [2.75, 3.05) is 13.2 Å². The quantitative estimate of drug-likeness (QED) is 0.545. The fourth-order valence-electron chi connectivity index (χ4n) is 5.76. The molecule has 2 N–H and O–H groups in total. The molecule has 4 atom stereocenters. The van der Waals surface area contributed by atoms with Crippen molar-refractivity contribution >= 4 is 22.0 Å². The first kappa shape index (κ1) is 24.5. The van der Waals surface area contributed by atoms with Gasteiger partial charge in [0, 0.05) is 36.5 Å². The molecule has 2 aromatic rings. The lowest BCUT2D eigenvalue weighted by molar-refractivity contribution is -0.149. The van der Waals surface area contributed by atoms with Crippen molar-refractivity contribution in [3.63, 3.8) is 0 Å². The molecule has 2 fully saturated rings. The molecule has 5 rings (SSSR count). The molecule has 0 spiro atoms. The highest BCUT2D eigenvalue weighted by Gasteiger charge is 2.79. The van der Waals surface area contributed by atoms with Crippen molar-refractivity contribution in [3.05, 3.63) is 59.7 Å². The molecule has 1 saturated heterocycles. The first-order valence-electron chi connectivity index (χ1n) is 12.0. The smallest absolute Gasteiger partial charge is 0.329 e. The molecule has 11 heteroatoms. The molecule has 3 unspecified atom stereocenters. The number of carbonyl (C=O) groups is 2. The van der Waals surface area contributed by atoms with Crippen LogP contribution in [-0.2, 0) is 21.4 Å². The summed E-state index contributed by atoms with van der Waals surface area (Å²) in [4.78, 5) is 26.5. The van der Waals surface area contributed by atoms with Crippen LogP contribution in [0, 0.1) is 5.92 Å². The van der Waals surface area contributed by atoms with Crippen LogP contribution in [0.4, 0.5) is 9.28 Å². The number of benzene rings is 2. The topological polar surface area (TPSA) is 116 Å². The highest BCUT2D eigenvalue weighted by atomic mass is 32.2. The molecule has 2 amide bonds. The third kappa shape index (κ3) is 3.64. The van der Waals surface area contributed by atoms with Crippen LogP contribution in [0.1, 0.15) is 43.2 Å². The number of ether oxygens (including phenoxy) is 1. The van der Waals surface area contributed by atoms with Gasteiger partial charge in [0.15, 0.2) is 5.54 Å². The van der Waals surface area contributed by atoms with Gasteiger partial charge in [-0.3, -0.25) is 4.79 Å². The molecule has 0 radical (unpaired) electrons. The Hall–Kier alpha value is -3.18. The fourth-order valence-corrected chi connectivity index (χ4v) is 7.38. The number of amides is 2. The molecule has 0 aromatic heterocycles. The first-order valence-corrected chi connectivity index (χ1v) is 13.5. The number of aliphatic carboxylic acids is 1. The van der Waals surface area contributed by atoms with E-state index in [1.165, 1.54) is 18.2 Å². The summed E-state index contributed by atoms with van der Waals surface area (Å²) in [6.45, 7) is 2.37. The standard InChI is InChI=1S/C25H28FN3O6S/c1-2-17-9-7-13-28(17)24(32)27-14-16-8-3-6-12-21(16)36(33,34)29(26)25(23(30)31)19-15-35-20-11-5-4-10-18(20)22(19)25/h3-6,8,10-12,17,19,22H,2,7,9,13-15H2,1H3,(H,27,32)(H,30,31)/t17-,19?,22?,25?/m1/s1. The third-order valence-electron chi connectivity index (χ3n) is 7.64. The van der Waals surface area contributed by atoms with Gasteiger partial charge in [-0.2, -0.15) is 0 Å². The van der Waals surface area contributed by atoms with E-state index in [1.807, 2.05) is 6.92 Å². The lowest BCUT2D eigenvalue weighted by Crippen LogP contribution is -2.45. The summed E-state index contributed by atoms with van der Waals surface area (Å²) < 4.78 is 48.1. The van der Waals surface area contributed by atoms with Gasteiger partial charge >= 0.3 is 12.0 Å². The minimum Gasteiger partial charge on any atom is -0.493 e. The number of urea groups is 1. The Bertz CT molecular complexity index is 1300. The van der Waals surface area contributed by atoms with Crippen LogP contribution in [-0.4, -0.2) is 59.7 Å². The number of fused-ring (bicyclic) bond motifs is 3. The van der Waals surface area contributed by atoms with Crippen LogP contribution in [0.3, 0.4) is 0 Å². The Morgan fingerprint density at radius 3 is 2.69 bits per heavy atom. The molecule has 2 aromatic carbocycles. The van der Waals surface area contributed by atoms with Gasteiger partial charge in [0.25, 0.3) is 10.0 Å². The number of para-hydroxylation sites is 1. The number of sulfonamides is 1. The van der Waals surface area contributed by atoms with Crippen molar-refractivity contribution in [2.45, 2.75) is 55.1 Å². The lowest BCUT2D eigenvalue weighted by Gasteiger charge is -2.25. The SMILES string of the molecule is CC[C@@H]1CCCN1C(=O)NCc1ccccc1S(=O)(=O)N(F)C1(C(=O)O)C2COc3ccccc3C21. The monoisotopic (exact) mass is 517 g/mol. The molecule has 0 bridgehead atoms. The van der Waals surface area contributed by atoms with Gasteiger partial charge < -0.3 is 20.1 Å². The van der Waals surface area contributed by atoms with Crippen molar-refractivity contribution in [1.82, 2.24) is 14.7 Å². The van der Waals surface area contributed by atoms with E-state index in [2.05, 4.69) is 5.32 Å². The van der Waals surface area contributed by atoms with Crippen molar-refractivity contribution in [2.24, 2.45) is 5.92 Å². The maximum Gasteiger partial charge on any atom is 0.329 e. The number of hydrogen-bond acceptors (Lipinski definition) is 5. The normalized spacial score (nSPS) is 26.6. The third-order valence-corrected chi connectivity index (χ3v) is 9.32. The van der Waals surface area contributed by atoms with Crippen molar-refractivity contribution in [3.8, 4) is 5.75 Å². The highest BCUT2D eigenvalue weighted by Crippen LogP contribution is 2.66. The highest BCUT2D eigenvalue weighted by molar-refractivity contribution is 7.89. The van der Waals surface area contributed by atoms with Gasteiger partial charge in [-0.15, -0.1) is 4.48 Å². The summed E-state index contributed by atoms with van der Waals surface area (Å²) >= 11 is 0. The van der Waals surface area contributed by atoms with Gasteiger partial charge in [-0.1, -0.05) is 43.3 Å². The predicted octanol–water partition coefficient (Wildman–Crippen LogP) is 3.28. The van der Waals surface area contributed by atoms with Gasteiger partial charge in [-0.05, 0) is 41.5 Å². The molecule has 2 aliphatic heterocycles. The largest absolute Gasteiger partial charge is 0.493 e. The van der Waals surface area contributed by atoms with Crippen LogP contribution in [0.5, 0.6) is 5.75 Å². The summed E-state index contributed by atoms with van der Waals surface area (Å²) in [6, 6.07) is 12.2. The van der Waals surface area contributed by atoms with Crippen LogP contribution < -0.4 is 10.1 Å². The molecular formula is C25H28FN3O6S. The zero-order chi connectivity index (χ0) is 25.7. The molecule has 3 aliphatic rings. The van der Waals surface area contributed by atoms with E-state index >= 15 is 4.48 Å². The van der Waals surface area contributed by atoms with Crippen LogP contribution in [0.25, 0.3) is 0 Å². The number of carboxylic acid groups (broad SMARTS) is 1. The number of likely N-dealkylation sites (tertiary alicyclic amines) is 1. The van der Waals surface area contributed by atoms with E-state index in [1.54, 1.807) is 35.2 Å². The van der Waals surface area contributed by atoms with Crippen molar-refractivity contribution in [1.29, 1.82) is 0 Å².